The van der Waals surface area contributed by atoms with Crippen molar-refractivity contribution in [3.63, 3.8) is 0 Å². The number of nitrogens with one attached hydrogen (secondary N) is 1. The van der Waals surface area contributed by atoms with Crippen LogP contribution in [-0.2, 0) is 0 Å². The Bertz CT molecular complexity index is 245. The van der Waals surface area contributed by atoms with Crippen LogP contribution in [-0.4, -0.2) is 17.5 Å². The maximum Gasteiger partial charge on any atom is 0.0420 e. The summed E-state index contributed by atoms with van der Waals surface area (Å²) in [5, 5.41) is 8.84. The predicted octanol–water partition coefficient (Wildman–Crippen LogP) is 2.90. The van der Waals surface area contributed by atoms with E-state index in [0.717, 1.165) is 11.8 Å². The van der Waals surface area contributed by atoms with E-state index in [1.54, 1.807) is 11.3 Å². The Morgan fingerprint density at radius 3 is 3.23 bits per heavy atom. The van der Waals surface area contributed by atoms with Crippen LogP contribution < -0.4 is 5.32 Å². The molecular weight excluding hydrogens is 198 g/mol. The second kappa shape index (κ2) is 4.49. The molecule has 1 nitrogen and oxygen atoms in total. The molecule has 2 heterocycles. The fourth-order valence-electron chi connectivity index (χ4n) is 1.55. The van der Waals surface area contributed by atoms with Crippen LogP contribution >= 0.6 is 23.1 Å². The lowest BCUT2D eigenvalue weighted by molar-refractivity contribution is 0.580. The van der Waals surface area contributed by atoms with Crippen molar-refractivity contribution < 1.29 is 0 Å². The second-order valence-electron chi connectivity index (χ2n) is 3.50. The molecule has 0 spiro atoms. The summed E-state index contributed by atoms with van der Waals surface area (Å²) in [5.74, 6) is 1.22. The third-order valence-corrected chi connectivity index (χ3v) is 4.47. The highest BCUT2D eigenvalue weighted by molar-refractivity contribution is 7.99. The lowest BCUT2D eigenvalue weighted by Crippen LogP contribution is -2.21. The van der Waals surface area contributed by atoms with Gasteiger partial charge in [-0.3, -0.25) is 0 Å². The molecule has 1 aliphatic rings. The molecule has 0 saturated carbocycles. The molecule has 13 heavy (non-hydrogen) atoms. The SMILES string of the molecule is CC1CCNC(c2ccsc2)CS1. The highest BCUT2D eigenvalue weighted by atomic mass is 32.2. The summed E-state index contributed by atoms with van der Waals surface area (Å²) in [6, 6.07) is 2.82. The second-order valence-corrected chi connectivity index (χ2v) is 5.75. The van der Waals surface area contributed by atoms with Crippen molar-refractivity contribution in [3.05, 3.63) is 22.4 Å². The van der Waals surface area contributed by atoms with Crippen molar-refractivity contribution in [2.45, 2.75) is 24.6 Å². The smallest absolute Gasteiger partial charge is 0.0420 e. The zero-order valence-electron chi connectivity index (χ0n) is 7.82. The van der Waals surface area contributed by atoms with Gasteiger partial charge in [-0.1, -0.05) is 6.92 Å². The van der Waals surface area contributed by atoms with Crippen LogP contribution in [0, 0.1) is 0 Å². The zero-order valence-corrected chi connectivity index (χ0v) is 9.46. The van der Waals surface area contributed by atoms with Crippen LogP contribution in [0.1, 0.15) is 24.9 Å². The molecule has 0 bridgehead atoms. The third-order valence-electron chi connectivity index (χ3n) is 2.43. The van der Waals surface area contributed by atoms with E-state index < -0.39 is 0 Å². The number of hydrogen-bond donors (Lipinski definition) is 1. The van der Waals surface area contributed by atoms with Gasteiger partial charge in [0.05, 0.1) is 0 Å². The summed E-state index contributed by atoms with van der Waals surface area (Å²) < 4.78 is 0. The third kappa shape index (κ3) is 2.48. The minimum atomic E-state index is 0.584. The fraction of sp³-hybridized carbons (Fsp3) is 0.600. The average Bonchev–Trinajstić information content (AvgIpc) is 2.56. The van der Waals surface area contributed by atoms with E-state index in [4.69, 9.17) is 0 Å². The Hall–Kier alpha value is 0.01000. The van der Waals surface area contributed by atoms with Gasteiger partial charge in [0.25, 0.3) is 0 Å². The Kier molecular flexibility index (Phi) is 3.30. The molecule has 1 aromatic rings. The van der Waals surface area contributed by atoms with Crippen molar-refractivity contribution in [3.8, 4) is 0 Å². The molecule has 0 amide bonds. The van der Waals surface area contributed by atoms with Gasteiger partial charge in [-0.25, -0.2) is 0 Å². The minimum Gasteiger partial charge on any atom is -0.309 e. The molecule has 0 aliphatic carbocycles. The summed E-state index contributed by atoms with van der Waals surface area (Å²) >= 11 is 3.88. The van der Waals surface area contributed by atoms with Crippen molar-refractivity contribution in [1.82, 2.24) is 5.32 Å². The van der Waals surface area contributed by atoms with E-state index in [2.05, 4.69) is 40.8 Å². The zero-order chi connectivity index (χ0) is 9.10. The molecule has 0 aromatic carbocycles. The van der Waals surface area contributed by atoms with Crippen LogP contribution in [0.5, 0.6) is 0 Å². The first-order valence-electron chi connectivity index (χ1n) is 4.73. The number of hydrogen-bond acceptors (Lipinski definition) is 3. The van der Waals surface area contributed by atoms with Crippen LogP contribution in [0.3, 0.4) is 0 Å². The Morgan fingerprint density at radius 1 is 1.54 bits per heavy atom. The first kappa shape index (κ1) is 9.56. The summed E-state index contributed by atoms with van der Waals surface area (Å²) in [6.45, 7) is 3.48. The van der Waals surface area contributed by atoms with Gasteiger partial charge in [-0.15, -0.1) is 0 Å². The number of thiophene rings is 1. The molecule has 1 N–H and O–H groups in total. The molecule has 2 rings (SSSR count). The van der Waals surface area contributed by atoms with Gasteiger partial charge in [0.15, 0.2) is 0 Å². The predicted molar refractivity (Wildman–Crippen MR) is 61.6 cm³/mol. The molecule has 1 aromatic heterocycles. The van der Waals surface area contributed by atoms with Crippen molar-refractivity contribution >= 4 is 23.1 Å². The molecule has 0 radical (unpaired) electrons. The van der Waals surface area contributed by atoms with E-state index in [1.165, 1.54) is 17.7 Å². The standard InChI is InChI=1S/C10H15NS2/c1-8-2-4-11-10(7-13-8)9-3-5-12-6-9/h3,5-6,8,10-11H,2,4,7H2,1H3. The molecule has 1 saturated heterocycles. The Balaban J connectivity index is 2.00. The van der Waals surface area contributed by atoms with Crippen molar-refractivity contribution in [2.75, 3.05) is 12.3 Å². The summed E-state index contributed by atoms with van der Waals surface area (Å²) in [5.41, 5.74) is 1.46. The molecular formula is C10H15NS2. The first-order chi connectivity index (χ1) is 6.36. The topological polar surface area (TPSA) is 12.0 Å². The van der Waals surface area contributed by atoms with Crippen molar-refractivity contribution in [2.24, 2.45) is 0 Å². The quantitative estimate of drug-likeness (QED) is 0.770. The Labute approximate surface area is 87.9 Å². The van der Waals surface area contributed by atoms with E-state index >= 15 is 0 Å². The minimum absolute atomic E-state index is 0.584. The van der Waals surface area contributed by atoms with Gasteiger partial charge < -0.3 is 5.32 Å². The number of rotatable bonds is 1. The highest BCUT2D eigenvalue weighted by Gasteiger charge is 2.17. The maximum atomic E-state index is 3.60. The van der Waals surface area contributed by atoms with E-state index in [0.29, 0.717) is 6.04 Å². The van der Waals surface area contributed by atoms with Gasteiger partial charge in [0.2, 0.25) is 0 Å². The van der Waals surface area contributed by atoms with Crippen LogP contribution in [0.15, 0.2) is 16.8 Å². The van der Waals surface area contributed by atoms with Crippen LogP contribution in [0.2, 0.25) is 0 Å². The van der Waals surface area contributed by atoms with Gasteiger partial charge in [-0.2, -0.15) is 23.1 Å². The van der Waals surface area contributed by atoms with E-state index in [-0.39, 0.29) is 0 Å². The van der Waals surface area contributed by atoms with Crippen LogP contribution in [0.25, 0.3) is 0 Å². The summed E-state index contributed by atoms with van der Waals surface area (Å²) in [4.78, 5) is 0. The highest BCUT2D eigenvalue weighted by Crippen LogP contribution is 2.26. The molecule has 72 valence electrons. The first-order valence-corrected chi connectivity index (χ1v) is 6.72. The Morgan fingerprint density at radius 2 is 2.46 bits per heavy atom. The fourth-order valence-corrected chi connectivity index (χ4v) is 3.38. The van der Waals surface area contributed by atoms with Crippen molar-refractivity contribution in [1.29, 1.82) is 0 Å². The lowest BCUT2D eigenvalue weighted by Gasteiger charge is -2.13. The monoisotopic (exact) mass is 213 g/mol. The average molecular weight is 213 g/mol. The molecule has 3 heteroatoms. The summed E-state index contributed by atoms with van der Waals surface area (Å²) in [6.07, 6.45) is 1.30. The maximum absolute atomic E-state index is 3.60. The van der Waals surface area contributed by atoms with Gasteiger partial charge in [0, 0.05) is 17.0 Å². The number of thioether (sulfide) groups is 1. The van der Waals surface area contributed by atoms with E-state index in [1.807, 2.05) is 0 Å². The normalized spacial score (nSPS) is 29.9. The molecule has 1 fully saturated rings. The summed E-state index contributed by atoms with van der Waals surface area (Å²) in [7, 11) is 0. The molecule has 1 aliphatic heterocycles. The van der Waals surface area contributed by atoms with Gasteiger partial charge >= 0.3 is 0 Å². The van der Waals surface area contributed by atoms with Crippen LogP contribution in [0.4, 0.5) is 0 Å². The lowest BCUT2D eigenvalue weighted by atomic mass is 10.2. The molecule has 2 atom stereocenters. The van der Waals surface area contributed by atoms with E-state index in [9.17, 15) is 0 Å². The molecule has 2 unspecified atom stereocenters. The largest absolute Gasteiger partial charge is 0.309 e. The van der Waals surface area contributed by atoms with Gasteiger partial charge in [-0.05, 0) is 35.4 Å². The van der Waals surface area contributed by atoms with Gasteiger partial charge in [0.1, 0.15) is 0 Å².